The molecule has 0 aromatic heterocycles. The molecule has 0 heterocycles. The van der Waals surface area contributed by atoms with Crippen LogP contribution in [0, 0.1) is 5.41 Å². The standard InChI is InChI=1S/C6H14O3.C5H8O3.3C3H4O2/c1-2-6(3-7,4-8)5-9;1-3-8-4(2)5(6)7;3*1-2-3(4)5/h7-9H,2-5H2,1H3;2-3H2,1H3,(H,6,7);3*2H,1H2,(H,4,5). The van der Waals surface area contributed by atoms with Gasteiger partial charge in [0, 0.05) is 23.6 Å². The highest BCUT2D eigenvalue weighted by atomic mass is 16.5. The minimum absolute atomic E-state index is 0.156. The third kappa shape index (κ3) is 37.3. The first-order chi connectivity index (χ1) is 14.7. The van der Waals surface area contributed by atoms with E-state index in [2.05, 4.69) is 31.1 Å². The molecule has 0 radical (unpaired) electrons. The van der Waals surface area contributed by atoms with Gasteiger partial charge in [-0.15, -0.1) is 0 Å². The molecule has 0 fully saturated rings. The van der Waals surface area contributed by atoms with Crippen molar-refractivity contribution in [3.63, 3.8) is 0 Å². The number of hydrogen-bond acceptors (Lipinski definition) is 8. The first-order valence-electron chi connectivity index (χ1n) is 8.68. The van der Waals surface area contributed by atoms with Gasteiger partial charge in [-0.3, -0.25) is 0 Å². The van der Waals surface area contributed by atoms with E-state index >= 15 is 0 Å². The minimum Gasteiger partial charge on any atom is -0.487 e. The highest BCUT2D eigenvalue weighted by Crippen LogP contribution is 2.18. The lowest BCUT2D eigenvalue weighted by Gasteiger charge is -2.24. The first-order valence-corrected chi connectivity index (χ1v) is 8.68. The molecular formula is C20H34O12. The van der Waals surface area contributed by atoms with Crippen LogP contribution in [-0.4, -0.2) is 86.1 Å². The molecule has 0 aliphatic carbocycles. The minimum atomic E-state index is -1.10. The Kier molecular flexibility index (Phi) is 33.6. The van der Waals surface area contributed by atoms with Crippen LogP contribution in [0.4, 0.5) is 0 Å². The molecule has 32 heavy (non-hydrogen) atoms. The van der Waals surface area contributed by atoms with Crippen molar-refractivity contribution in [2.24, 2.45) is 5.41 Å². The van der Waals surface area contributed by atoms with Gasteiger partial charge in [0.2, 0.25) is 0 Å². The van der Waals surface area contributed by atoms with Crippen LogP contribution in [0.3, 0.4) is 0 Å². The van der Waals surface area contributed by atoms with Gasteiger partial charge in [-0.2, -0.15) is 0 Å². The van der Waals surface area contributed by atoms with Crippen LogP contribution < -0.4 is 0 Å². The van der Waals surface area contributed by atoms with Gasteiger partial charge >= 0.3 is 23.9 Å². The van der Waals surface area contributed by atoms with E-state index in [1.165, 1.54) is 0 Å². The normalized spacial score (nSPS) is 8.41. The van der Waals surface area contributed by atoms with Crippen LogP contribution >= 0.6 is 0 Å². The average Bonchev–Trinajstić information content (AvgIpc) is 2.77. The Balaban J connectivity index is -0.0000000976. The number of carbonyl (C=O) groups is 4. The van der Waals surface area contributed by atoms with E-state index in [0.29, 0.717) is 13.0 Å². The lowest BCUT2D eigenvalue weighted by atomic mass is 9.88. The largest absolute Gasteiger partial charge is 0.487 e. The molecule has 0 aliphatic heterocycles. The summed E-state index contributed by atoms with van der Waals surface area (Å²) in [6, 6.07) is 0. The fourth-order valence-corrected chi connectivity index (χ4v) is 0.721. The van der Waals surface area contributed by atoms with Gasteiger partial charge in [0.1, 0.15) is 0 Å². The van der Waals surface area contributed by atoms with Crippen molar-refractivity contribution in [1.29, 1.82) is 0 Å². The highest BCUT2D eigenvalue weighted by molar-refractivity contribution is 5.83. The maximum atomic E-state index is 9.86. The molecule has 7 N–H and O–H groups in total. The number of aliphatic hydroxyl groups excluding tert-OH is 3. The van der Waals surface area contributed by atoms with Gasteiger partial charge in [-0.25, -0.2) is 19.2 Å². The second-order valence-corrected chi connectivity index (χ2v) is 5.12. The van der Waals surface area contributed by atoms with Gasteiger partial charge < -0.3 is 40.5 Å². The SMILES string of the molecule is C=C(OCC)C(=O)O.C=CC(=O)O.C=CC(=O)O.C=CC(=O)O.CCC(CO)(CO)CO. The molecule has 0 aromatic carbocycles. The number of ether oxygens (including phenoxy) is 1. The zero-order valence-corrected chi connectivity index (χ0v) is 18.3. The molecule has 0 spiro atoms. The van der Waals surface area contributed by atoms with Crippen LogP contribution in [0.2, 0.25) is 0 Å². The summed E-state index contributed by atoms with van der Waals surface area (Å²) in [5, 5.41) is 56.9. The lowest BCUT2D eigenvalue weighted by molar-refractivity contribution is -0.136. The number of hydrogen-bond donors (Lipinski definition) is 7. The monoisotopic (exact) mass is 466 g/mol. The topological polar surface area (TPSA) is 219 Å². The maximum absolute atomic E-state index is 9.86. The van der Waals surface area contributed by atoms with Crippen LogP contribution in [0.15, 0.2) is 50.3 Å². The molecule has 0 unspecified atom stereocenters. The smallest absolute Gasteiger partial charge is 0.370 e. The van der Waals surface area contributed by atoms with Gasteiger partial charge in [-0.1, -0.05) is 26.7 Å². The predicted molar refractivity (Wildman–Crippen MR) is 116 cm³/mol. The summed E-state index contributed by atoms with van der Waals surface area (Å²) in [6.45, 7) is 15.4. The summed E-state index contributed by atoms with van der Waals surface area (Å²) in [7, 11) is 0. The van der Waals surface area contributed by atoms with Crippen molar-refractivity contribution in [1.82, 2.24) is 0 Å². The van der Waals surface area contributed by atoms with Crippen LogP contribution in [0.1, 0.15) is 20.3 Å². The quantitative estimate of drug-likeness (QED) is 0.175. The van der Waals surface area contributed by atoms with E-state index in [0.717, 1.165) is 18.2 Å². The Bertz CT molecular complexity index is 517. The molecule has 0 aromatic rings. The molecular weight excluding hydrogens is 432 g/mol. The lowest BCUT2D eigenvalue weighted by Crippen LogP contribution is -2.32. The number of rotatable bonds is 10. The predicted octanol–water partition coefficient (Wildman–Crippen LogP) is 0.752. The molecule has 12 nitrogen and oxygen atoms in total. The zero-order valence-electron chi connectivity index (χ0n) is 18.3. The number of aliphatic carboxylic acids is 4. The Morgan fingerprint density at radius 2 is 1.00 bits per heavy atom. The molecule has 0 saturated carbocycles. The third-order valence-corrected chi connectivity index (χ3v) is 2.84. The first kappa shape index (κ1) is 39.0. The molecule has 0 bridgehead atoms. The van der Waals surface area contributed by atoms with E-state index in [9.17, 15) is 19.2 Å². The van der Waals surface area contributed by atoms with Crippen LogP contribution in [0.25, 0.3) is 0 Å². The summed E-state index contributed by atoms with van der Waals surface area (Å²) in [6.07, 6.45) is 3.09. The van der Waals surface area contributed by atoms with Crippen molar-refractivity contribution in [3.8, 4) is 0 Å². The van der Waals surface area contributed by atoms with E-state index in [-0.39, 0.29) is 25.6 Å². The van der Waals surface area contributed by atoms with E-state index in [4.69, 9.17) is 35.7 Å². The Morgan fingerprint density at radius 1 is 0.750 bits per heavy atom. The maximum Gasteiger partial charge on any atom is 0.370 e. The molecule has 0 aliphatic rings. The second kappa shape index (κ2) is 27.5. The highest BCUT2D eigenvalue weighted by Gasteiger charge is 2.24. The van der Waals surface area contributed by atoms with Gasteiger partial charge in [0.05, 0.1) is 26.4 Å². The molecule has 186 valence electrons. The van der Waals surface area contributed by atoms with Crippen molar-refractivity contribution in [3.05, 3.63) is 50.3 Å². The van der Waals surface area contributed by atoms with Crippen molar-refractivity contribution < 1.29 is 59.7 Å². The van der Waals surface area contributed by atoms with E-state index in [1.54, 1.807) is 6.92 Å². The molecule has 0 amide bonds. The fourth-order valence-electron chi connectivity index (χ4n) is 0.721. The zero-order chi connectivity index (χ0) is 26.8. The molecule has 0 saturated heterocycles. The molecule has 0 rings (SSSR count). The summed E-state index contributed by atoms with van der Waals surface area (Å²) in [5.74, 6) is -4.25. The summed E-state index contributed by atoms with van der Waals surface area (Å²) < 4.78 is 4.51. The Morgan fingerprint density at radius 3 is 1.03 bits per heavy atom. The summed E-state index contributed by atoms with van der Waals surface area (Å²) >= 11 is 0. The van der Waals surface area contributed by atoms with Crippen molar-refractivity contribution in [2.45, 2.75) is 20.3 Å². The third-order valence-electron chi connectivity index (χ3n) is 2.84. The second-order valence-electron chi connectivity index (χ2n) is 5.12. The number of aliphatic hydroxyl groups is 3. The summed E-state index contributed by atoms with van der Waals surface area (Å²) in [5.41, 5.74) is -0.667. The fraction of sp³-hybridized carbons (Fsp3) is 0.400. The Hall–Kier alpha value is -3.48. The van der Waals surface area contributed by atoms with Crippen molar-refractivity contribution in [2.75, 3.05) is 26.4 Å². The van der Waals surface area contributed by atoms with Crippen LogP contribution in [-0.2, 0) is 23.9 Å². The van der Waals surface area contributed by atoms with Gasteiger partial charge in [-0.05, 0) is 19.9 Å². The average molecular weight is 466 g/mol. The van der Waals surface area contributed by atoms with E-state index in [1.807, 2.05) is 6.92 Å². The van der Waals surface area contributed by atoms with Crippen LogP contribution in [0.5, 0.6) is 0 Å². The van der Waals surface area contributed by atoms with Gasteiger partial charge in [0.15, 0.2) is 5.76 Å². The van der Waals surface area contributed by atoms with Crippen molar-refractivity contribution >= 4 is 23.9 Å². The van der Waals surface area contributed by atoms with E-state index < -0.39 is 29.3 Å². The summed E-state index contributed by atoms with van der Waals surface area (Å²) in [4.78, 5) is 37.6. The van der Waals surface area contributed by atoms with Gasteiger partial charge in [0.25, 0.3) is 0 Å². The molecule has 12 heteroatoms. The molecule has 0 atom stereocenters. The Labute approximate surface area is 186 Å². The number of carboxylic acids is 4. The number of carboxylic acid groups (broad SMARTS) is 4.